The van der Waals surface area contributed by atoms with Gasteiger partial charge in [0.25, 0.3) is 0 Å². The number of rotatable bonds is 5. The molecule has 1 aromatic carbocycles. The lowest BCUT2D eigenvalue weighted by molar-refractivity contribution is -0.120. The molecule has 88 valence electrons. The third-order valence-electron chi connectivity index (χ3n) is 2.29. The molecule has 0 radical (unpaired) electrons. The van der Waals surface area contributed by atoms with Gasteiger partial charge in [0.15, 0.2) is 0 Å². The van der Waals surface area contributed by atoms with E-state index in [-0.39, 0.29) is 11.9 Å². The molecule has 1 unspecified atom stereocenters. The number of nitrogens with one attached hydrogen (secondary N) is 2. The first-order valence-electron chi connectivity index (χ1n) is 5.39. The van der Waals surface area contributed by atoms with Gasteiger partial charge in [-0.2, -0.15) is 0 Å². The monoisotopic (exact) mass is 284 g/mol. The maximum absolute atomic E-state index is 11.3. The number of carbonyl (C=O) groups is 1. The third-order valence-corrected chi connectivity index (χ3v) is 2.78. The molecule has 0 saturated heterocycles. The summed E-state index contributed by atoms with van der Waals surface area (Å²) >= 11 is 3.43. The topological polar surface area (TPSA) is 41.1 Å². The van der Waals surface area contributed by atoms with E-state index in [2.05, 4.69) is 32.6 Å². The van der Waals surface area contributed by atoms with Gasteiger partial charge in [-0.1, -0.05) is 28.1 Å². The highest BCUT2D eigenvalue weighted by Gasteiger charge is 2.06. The maximum Gasteiger partial charge on any atom is 0.233 e. The Hall–Kier alpha value is -0.870. The molecule has 16 heavy (non-hydrogen) atoms. The van der Waals surface area contributed by atoms with Gasteiger partial charge in [-0.15, -0.1) is 0 Å². The van der Waals surface area contributed by atoms with E-state index in [1.54, 1.807) is 0 Å². The Morgan fingerprint density at radius 2 is 2.25 bits per heavy atom. The summed E-state index contributed by atoms with van der Waals surface area (Å²) in [4.78, 5) is 11.3. The Balaban J connectivity index is 2.46. The van der Waals surface area contributed by atoms with Gasteiger partial charge >= 0.3 is 0 Å². The molecule has 0 aliphatic rings. The minimum Gasteiger partial charge on any atom is -0.355 e. The quantitative estimate of drug-likeness (QED) is 0.871. The van der Waals surface area contributed by atoms with Crippen LogP contribution in [0.1, 0.15) is 25.5 Å². The van der Waals surface area contributed by atoms with Crippen LogP contribution in [0.25, 0.3) is 0 Å². The van der Waals surface area contributed by atoms with Crippen molar-refractivity contribution in [2.24, 2.45) is 0 Å². The highest BCUT2D eigenvalue weighted by Crippen LogP contribution is 2.17. The molecule has 0 aromatic heterocycles. The molecule has 0 heterocycles. The Kier molecular flexibility index (Phi) is 5.49. The lowest BCUT2D eigenvalue weighted by Gasteiger charge is -2.14. The van der Waals surface area contributed by atoms with Crippen LogP contribution in [0.2, 0.25) is 0 Å². The molecule has 0 saturated carbocycles. The summed E-state index contributed by atoms with van der Waals surface area (Å²) in [6, 6.07) is 8.24. The number of halogens is 1. The summed E-state index contributed by atoms with van der Waals surface area (Å²) in [5.74, 6) is 0.0318. The van der Waals surface area contributed by atoms with E-state index in [1.165, 1.54) is 5.56 Å². The highest BCUT2D eigenvalue weighted by molar-refractivity contribution is 9.10. The van der Waals surface area contributed by atoms with E-state index in [9.17, 15) is 4.79 Å². The Bertz CT molecular complexity index is 355. The lowest BCUT2D eigenvalue weighted by atomic mass is 10.1. The van der Waals surface area contributed by atoms with Crippen LogP contribution in [0.4, 0.5) is 0 Å². The normalized spacial score (nSPS) is 12.2. The molecule has 4 heteroatoms. The maximum atomic E-state index is 11.3. The van der Waals surface area contributed by atoms with Crippen LogP contribution in [-0.2, 0) is 4.79 Å². The predicted molar refractivity (Wildman–Crippen MR) is 69.2 cm³/mol. The second-order valence-corrected chi connectivity index (χ2v) is 4.53. The number of carbonyl (C=O) groups excluding carboxylic acids is 1. The van der Waals surface area contributed by atoms with Crippen LogP contribution in [0.15, 0.2) is 28.7 Å². The number of likely N-dealkylation sites (N-methyl/N-ethyl adjacent to an activating group) is 1. The van der Waals surface area contributed by atoms with Crippen LogP contribution < -0.4 is 10.6 Å². The molecule has 2 N–H and O–H groups in total. The van der Waals surface area contributed by atoms with Crippen LogP contribution in [0, 0.1) is 0 Å². The van der Waals surface area contributed by atoms with Gasteiger partial charge in [-0.25, -0.2) is 0 Å². The second kappa shape index (κ2) is 6.66. The molecule has 3 nitrogen and oxygen atoms in total. The number of hydrogen-bond donors (Lipinski definition) is 2. The zero-order valence-electron chi connectivity index (χ0n) is 9.59. The summed E-state index contributed by atoms with van der Waals surface area (Å²) in [7, 11) is 0. The number of amides is 1. The second-order valence-electron chi connectivity index (χ2n) is 3.61. The first kappa shape index (κ1) is 13.2. The molecule has 1 amide bonds. The zero-order chi connectivity index (χ0) is 12.0. The fourth-order valence-electron chi connectivity index (χ4n) is 1.40. The molecule has 1 atom stereocenters. The van der Waals surface area contributed by atoms with Crippen molar-refractivity contribution in [2.45, 2.75) is 19.9 Å². The molecule has 0 aliphatic carbocycles. The molecule has 0 aliphatic heterocycles. The fraction of sp³-hybridized carbons (Fsp3) is 0.417. The van der Waals surface area contributed by atoms with E-state index < -0.39 is 0 Å². The zero-order valence-corrected chi connectivity index (χ0v) is 11.2. The van der Waals surface area contributed by atoms with Gasteiger partial charge in [0.1, 0.15) is 0 Å². The first-order valence-corrected chi connectivity index (χ1v) is 6.18. The van der Waals surface area contributed by atoms with E-state index >= 15 is 0 Å². The first-order chi connectivity index (χ1) is 7.63. The SMILES string of the molecule is CCNC(=O)CNC(C)c1cccc(Br)c1. The van der Waals surface area contributed by atoms with E-state index in [4.69, 9.17) is 0 Å². The molecule has 0 fully saturated rings. The van der Waals surface area contributed by atoms with Gasteiger partial charge < -0.3 is 10.6 Å². The van der Waals surface area contributed by atoms with Gasteiger partial charge in [-0.05, 0) is 31.5 Å². The van der Waals surface area contributed by atoms with Crippen LogP contribution in [0.3, 0.4) is 0 Å². The van der Waals surface area contributed by atoms with Crippen molar-refractivity contribution in [1.82, 2.24) is 10.6 Å². The van der Waals surface area contributed by atoms with Gasteiger partial charge in [0, 0.05) is 17.1 Å². The minimum absolute atomic E-state index is 0.0318. The molecule has 0 spiro atoms. The smallest absolute Gasteiger partial charge is 0.233 e. The van der Waals surface area contributed by atoms with Gasteiger partial charge in [0.05, 0.1) is 6.54 Å². The standard InChI is InChI=1S/C12H17BrN2O/c1-3-14-12(16)8-15-9(2)10-5-4-6-11(13)7-10/h4-7,9,15H,3,8H2,1-2H3,(H,14,16). The average Bonchev–Trinajstić information content (AvgIpc) is 2.26. The fourth-order valence-corrected chi connectivity index (χ4v) is 1.82. The average molecular weight is 285 g/mol. The van der Waals surface area contributed by atoms with Crippen LogP contribution >= 0.6 is 15.9 Å². The summed E-state index contributed by atoms with van der Waals surface area (Å²) in [6.07, 6.45) is 0. The van der Waals surface area contributed by atoms with E-state index in [0.717, 1.165) is 4.47 Å². The van der Waals surface area contributed by atoms with Crippen LogP contribution in [-0.4, -0.2) is 19.0 Å². The van der Waals surface area contributed by atoms with Crippen molar-refractivity contribution < 1.29 is 4.79 Å². The van der Waals surface area contributed by atoms with Crippen molar-refractivity contribution in [3.8, 4) is 0 Å². The summed E-state index contributed by atoms with van der Waals surface area (Å²) in [5.41, 5.74) is 1.17. The largest absolute Gasteiger partial charge is 0.355 e. The molecular formula is C12H17BrN2O. The summed E-state index contributed by atoms with van der Waals surface area (Å²) < 4.78 is 1.05. The lowest BCUT2D eigenvalue weighted by Crippen LogP contribution is -2.34. The molecule has 1 rings (SSSR count). The molecule has 0 bridgehead atoms. The van der Waals surface area contributed by atoms with Crippen molar-refractivity contribution in [3.05, 3.63) is 34.3 Å². The molecule has 1 aromatic rings. The van der Waals surface area contributed by atoms with Crippen molar-refractivity contribution >= 4 is 21.8 Å². The van der Waals surface area contributed by atoms with E-state index in [0.29, 0.717) is 13.1 Å². The summed E-state index contributed by atoms with van der Waals surface area (Å²) in [5, 5.41) is 5.93. The minimum atomic E-state index is 0.0318. The third kappa shape index (κ3) is 4.33. The summed E-state index contributed by atoms with van der Waals surface area (Å²) in [6.45, 7) is 4.98. The van der Waals surface area contributed by atoms with Crippen molar-refractivity contribution in [2.75, 3.05) is 13.1 Å². The van der Waals surface area contributed by atoms with Crippen LogP contribution in [0.5, 0.6) is 0 Å². The van der Waals surface area contributed by atoms with Gasteiger partial charge in [-0.3, -0.25) is 4.79 Å². The molecular weight excluding hydrogens is 268 g/mol. The Morgan fingerprint density at radius 1 is 1.50 bits per heavy atom. The number of hydrogen-bond acceptors (Lipinski definition) is 2. The number of benzene rings is 1. The van der Waals surface area contributed by atoms with Crippen molar-refractivity contribution in [3.63, 3.8) is 0 Å². The Morgan fingerprint density at radius 3 is 2.88 bits per heavy atom. The van der Waals surface area contributed by atoms with Crippen molar-refractivity contribution in [1.29, 1.82) is 0 Å². The Labute approximate surface area is 105 Å². The predicted octanol–water partition coefficient (Wildman–Crippen LogP) is 2.24. The van der Waals surface area contributed by atoms with E-state index in [1.807, 2.05) is 32.0 Å². The highest BCUT2D eigenvalue weighted by atomic mass is 79.9. The van der Waals surface area contributed by atoms with Gasteiger partial charge in [0.2, 0.25) is 5.91 Å².